The zero-order valence-corrected chi connectivity index (χ0v) is 11.9. The molecule has 3 fully saturated rings. The molecule has 3 nitrogen and oxygen atoms in total. The Morgan fingerprint density at radius 2 is 1.83 bits per heavy atom. The molecule has 0 aromatic carbocycles. The predicted octanol–water partition coefficient (Wildman–Crippen LogP) is 3.06. The summed E-state index contributed by atoms with van der Waals surface area (Å²) in [6.07, 6.45) is 7.47. The van der Waals surface area contributed by atoms with Gasteiger partial charge in [0.05, 0.1) is 0 Å². The SMILES string of the molecule is CO[C@@H]1OC2(O)CCCC[C@]2(C)[C@@]2(C)CCC[C@@H]12. The molecule has 3 aliphatic rings. The first-order valence-corrected chi connectivity index (χ1v) is 7.40. The molecule has 0 amide bonds. The summed E-state index contributed by atoms with van der Waals surface area (Å²) in [7, 11) is 1.71. The highest BCUT2D eigenvalue weighted by Crippen LogP contribution is 2.67. The van der Waals surface area contributed by atoms with E-state index < -0.39 is 5.79 Å². The van der Waals surface area contributed by atoms with Gasteiger partial charge in [0.15, 0.2) is 12.1 Å². The Labute approximate surface area is 110 Å². The van der Waals surface area contributed by atoms with Gasteiger partial charge >= 0.3 is 0 Å². The van der Waals surface area contributed by atoms with E-state index in [1.807, 2.05) is 0 Å². The highest BCUT2D eigenvalue weighted by atomic mass is 16.7. The quantitative estimate of drug-likeness (QED) is 0.781. The number of hydrogen-bond acceptors (Lipinski definition) is 3. The number of hydrogen-bond donors (Lipinski definition) is 1. The molecule has 2 aliphatic carbocycles. The van der Waals surface area contributed by atoms with Crippen LogP contribution in [-0.2, 0) is 9.47 Å². The van der Waals surface area contributed by atoms with Crippen molar-refractivity contribution >= 4 is 0 Å². The second-order valence-corrected chi connectivity index (χ2v) is 6.96. The molecular formula is C15H26O3. The van der Waals surface area contributed by atoms with Gasteiger partial charge in [0.1, 0.15) is 0 Å². The number of rotatable bonds is 1. The standard InChI is InChI=1S/C15H26O3/c1-13-8-6-7-11(13)12(17-3)18-15(16)10-5-4-9-14(13,15)2/h11-12,16H,4-10H2,1-3H3/t11-,12+,13-,14+,15?/m0/s1. The molecule has 3 heteroatoms. The molecule has 2 saturated carbocycles. The summed E-state index contributed by atoms with van der Waals surface area (Å²) >= 11 is 0. The highest BCUT2D eigenvalue weighted by molar-refractivity contribution is 5.11. The molecule has 1 aliphatic heterocycles. The molecule has 3 rings (SSSR count). The van der Waals surface area contributed by atoms with Crippen molar-refractivity contribution in [3.63, 3.8) is 0 Å². The molecule has 0 radical (unpaired) electrons. The van der Waals surface area contributed by atoms with E-state index in [1.54, 1.807) is 7.11 Å². The van der Waals surface area contributed by atoms with Crippen molar-refractivity contribution in [3.05, 3.63) is 0 Å². The van der Waals surface area contributed by atoms with Crippen LogP contribution in [0.5, 0.6) is 0 Å². The summed E-state index contributed by atoms with van der Waals surface area (Å²) in [5, 5.41) is 11.1. The summed E-state index contributed by atoms with van der Waals surface area (Å²) < 4.78 is 11.6. The maximum absolute atomic E-state index is 11.1. The Hall–Kier alpha value is -0.120. The fraction of sp³-hybridized carbons (Fsp3) is 1.00. The van der Waals surface area contributed by atoms with Crippen LogP contribution in [0, 0.1) is 16.7 Å². The Morgan fingerprint density at radius 1 is 1.11 bits per heavy atom. The van der Waals surface area contributed by atoms with Gasteiger partial charge < -0.3 is 14.6 Å². The van der Waals surface area contributed by atoms with Gasteiger partial charge in [-0.3, -0.25) is 0 Å². The third kappa shape index (κ3) is 1.36. The Bertz CT molecular complexity index is 345. The zero-order valence-electron chi connectivity index (χ0n) is 11.9. The monoisotopic (exact) mass is 254 g/mol. The molecule has 0 spiro atoms. The van der Waals surface area contributed by atoms with Gasteiger partial charge in [0.25, 0.3) is 0 Å². The normalized spacial score (nSPS) is 56.0. The lowest BCUT2D eigenvalue weighted by Crippen LogP contribution is -2.66. The fourth-order valence-corrected chi connectivity index (χ4v) is 5.04. The summed E-state index contributed by atoms with van der Waals surface area (Å²) in [4.78, 5) is 0. The van der Waals surface area contributed by atoms with E-state index in [2.05, 4.69) is 13.8 Å². The van der Waals surface area contributed by atoms with Crippen LogP contribution in [0.15, 0.2) is 0 Å². The summed E-state index contributed by atoms with van der Waals surface area (Å²) in [6.45, 7) is 4.60. The van der Waals surface area contributed by atoms with Gasteiger partial charge in [-0.1, -0.05) is 26.7 Å². The van der Waals surface area contributed by atoms with Crippen LogP contribution in [0.2, 0.25) is 0 Å². The first-order chi connectivity index (χ1) is 8.47. The molecule has 0 bridgehead atoms. The van der Waals surface area contributed by atoms with Crippen molar-refractivity contribution in [3.8, 4) is 0 Å². The first-order valence-electron chi connectivity index (χ1n) is 7.40. The van der Waals surface area contributed by atoms with E-state index in [0.717, 1.165) is 19.3 Å². The highest BCUT2D eigenvalue weighted by Gasteiger charge is 2.68. The third-order valence-electron chi connectivity index (χ3n) is 6.47. The summed E-state index contributed by atoms with van der Waals surface area (Å²) in [5.41, 5.74) is 0.0372. The number of methoxy groups -OCH3 is 1. The van der Waals surface area contributed by atoms with Crippen LogP contribution in [0.4, 0.5) is 0 Å². The third-order valence-corrected chi connectivity index (χ3v) is 6.47. The van der Waals surface area contributed by atoms with Crippen molar-refractivity contribution in [1.82, 2.24) is 0 Å². The van der Waals surface area contributed by atoms with E-state index in [9.17, 15) is 5.11 Å². The van der Waals surface area contributed by atoms with Gasteiger partial charge in [0.2, 0.25) is 0 Å². The van der Waals surface area contributed by atoms with Gasteiger partial charge in [-0.25, -0.2) is 0 Å². The lowest BCUT2D eigenvalue weighted by Gasteiger charge is -2.63. The number of aliphatic hydroxyl groups is 1. The molecule has 1 N–H and O–H groups in total. The minimum atomic E-state index is -0.985. The maximum Gasteiger partial charge on any atom is 0.174 e. The van der Waals surface area contributed by atoms with Crippen molar-refractivity contribution < 1.29 is 14.6 Å². The zero-order chi connectivity index (χ0) is 13.0. The molecule has 1 heterocycles. The molecule has 104 valence electrons. The van der Waals surface area contributed by atoms with E-state index in [-0.39, 0.29) is 17.1 Å². The number of fused-ring (bicyclic) bond motifs is 3. The van der Waals surface area contributed by atoms with Crippen LogP contribution in [0.3, 0.4) is 0 Å². The van der Waals surface area contributed by atoms with Crippen LogP contribution in [-0.4, -0.2) is 24.3 Å². The van der Waals surface area contributed by atoms with Crippen LogP contribution < -0.4 is 0 Å². The average molecular weight is 254 g/mol. The second-order valence-electron chi connectivity index (χ2n) is 6.96. The minimum absolute atomic E-state index is 0.117. The summed E-state index contributed by atoms with van der Waals surface area (Å²) in [5.74, 6) is -0.549. The first kappa shape index (κ1) is 12.9. The molecular weight excluding hydrogens is 228 g/mol. The smallest absolute Gasteiger partial charge is 0.174 e. The Morgan fingerprint density at radius 3 is 2.56 bits per heavy atom. The van der Waals surface area contributed by atoms with E-state index >= 15 is 0 Å². The Balaban J connectivity index is 2.05. The largest absolute Gasteiger partial charge is 0.365 e. The molecule has 1 saturated heterocycles. The molecule has 18 heavy (non-hydrogen) atoms. The molecule has 5 atom stereocenters. The maximum atomic E-state index is 11.1. The predicted molar refractivity (Wildman–Crippen MR) is 68.9 cm³/mol. The van der Waals surface area contributed by atoms with Crippen LogP contribution in [0.1, 0.15) is 58.8 Å². The van der Waals surface area contributed by atoms with Crippen LogP contribution in [0.25, 0.3) is 0 Å². The lowest BCUT2D eigenvalue weighted by molar-refractivity contribution is -0.413. The van der Waals surface area contributed by atoms with Gasteiger partial charge in [-0.2, -0.15) is 0 Å². The average Bonchev–Trinajstić information content (AvgIpc) is 2.74. The Kier molecular flexibility index (Phi) is 2.82. The van der Waals surface area contributed by atoms with E-state index in [0.29, 0.717) is 5.92 Å². The lowest BCUT2D eigenvalue weighted by atomic mass is 9.50. The minimum Gasteiger partial charge on any atom is -0.365 e. The van der Waals surface area contributed by atoms with Crippen LogP contribution >= 0.6 is 0 Å². The van der Waals surface area contributed by atoms with E-state index in [4.69, 9.17) is 9.47 Å². The van der Waals surface area contributed by atoms with Crippen molar-refractivity contribution in [2.45, 2.75) is 70.9 Å². The van der Waals surface area contributed by atoms with Gasteiger partial charge in [0, 0.05) is 24.9 Å². The topological polar surface area (TPSA) is 38.7 Å². The van der Waals surface area contributed by atoms with E-state index in [1.165, 1.54) is 25.7 Å². The molecule has 1 unspecified atom stereocenters. The second kappa shape index (κ2) is 3.94. The van der Waals surface area contributed by atoms with Crippen molar-refractivity contribution in [1.29, 1.82) is 0 Å². The van der Waals surface area contributed by atoms with Gasteiger partial charge in [-0.15, -0.1) is 0 Å². The van der Waals surface area contributed by atoms with Gasteiger partial charge in [-0.05, 0) is 31.1 Å². The fourth-order valence-electron chi connectivity index (χ4n) is 5.04. The van der Waals surface area contributed by atoms with Crippen molar-refractivity contribution in [2.24, 2.45) is 16.7 Å². The summed E-state index contributed by atoms with van der Waals surface area (Å²) in [6, 6.07) is 0. The molecule has 0 aromatic rings. The number of ether oxygens (including phenoxy) is 2. The van der Waals surface area contributed by atoms with Crippen molar-refractivity contribution in [2.75, 3.05) is 7.11 Å². The molecule has 0 aromatic heterocycles.